The molecule has 9 heteroatoms. The Morgan fingerprint density at radius 1 is 1.14 bits per heavy atom. The number of amides is 3. The second-order valence-electron chi connectivity index (χ2n) is 6.82. The number of urea groups is 1. The first-order valence-electron chi connectivity index (χ1n) is 9.29. The second kappa shape index (κ2) is 7.25. The molecule has 2 N–H and O–H groups in total. The zero-order valence-electron chi connectivity index (χ0n) is 15.4. The molecule has 3 aromatic rings. The number of fused-ring (bicyclic) bond motifs is 2. The van der Waals surface area contributed by atoms with E-state index in [0.717, 1.165) is 15.9 Å². The summed E-state index contributed by atoms with van der Waals surface area (Å²) in [5, 5.41) is 6.15. The number of nitrogens with one attached hydrogen (secondary N) is 2. The van der Waals surface area contributed by atoms with E-state index in [2.05, 4.69) is 15.6 Å². The van der Waals surface area contributed by atoms with Crippen molar-refractivity contribution in [1.29, 1.82) is 0 Å². The highest BCUT2D eigenvalue weighted by atomic mass is 32.1. The lowest BCUT2D eigenvalue weighted by Gasteiger charge is -2.22. The normalized spacial score (nSPS) is 18.1. The average molecular weight is 410 g/mol. The highest BCUT2D eigenvalue weighted by molar-refractivity contribution is 7.22. The molecular formula is C20H18N4O4S. The maximum Gasteiger partial charge on any atom is 0.321 e. The number of aromatic nitrogens is 1. The SMILES string of the molecule is O=C(Nc1nc2ccccc2s1)NC1CC(=O)N(c2ccc3c(c2)OCCO3)C1. The van der Waals surface area contributed by atoms with Gasteiger partial charge in [-0.15, -0.1) is 0 Å². The fourth-order valence-corrected chi connectivity index (χ4v) is 4.36. The van der Waals surface area contributed by atoms with Crippen LogP contribution in [0.2, 0.25) is 0 Å². The molecule has 1 atom stereocenters. The molecule has 2 aliphatic rings. The molecular weight excluding hydrogens is 392 g/mol. The number of rotatable bonds is 3. The van der Waals surface area contributed by atoms with Gasteiger partial charge in [-0.05, 0) is 24.3 Å². The van der Waals surface area contributed by atoms with Crippen LogP contribution in [-0.2, 0) is 4.79 Å². The van der Waals surface area contributed by atoms with Crippen LogP contribution in [0.4, 0.5) is 15.6 Å². The maximum absolute atomic E-state index is 12.5. The van der Waals surface area contributed by atoms with Gasteiger partial charge >= 0.3 is 6.03 Å². The number of ether oxygens (including phenoxy) is 2. The van der Waals surface area contributed by atoms with Crippen LogP contribution in [0.3, 0.4) is 0 Å². The molecule has 3 amide bonds. The summed E-state index contributed by atoms with van der Waals surface area (Å²) < 4.78 is 12.1. The van der Waals surface area contributed by atoms with Crippen molar-refractivity contribution in [3.63, 3.8) is 0 Å². The number of thiazole rings is 1. The predicted octanol–water partition coefficient (Wildman–Crippen LogP) is 2.99. The quantitative estimate of drug-likeness (QED) is 0.693. The summed E-state index contributed by atoms with van der Waals surface area (Å²) >= 11 is 1.41. The van der Waals surface area contributed by atoms with Gasteiger partial charge in [-0.3, -0.25) is 10.1 Å². The number of anilines is 2. The van der Waals surface area contributed by atoms with E-state index in [1.807, 2.05) is 30.3 Å². The van der Waals surface area contributed by atoms with E-state index in [4.69, 9.17) is 9.47 Å². The molecule has 3 heterocycles. The van der Waals surface area contributed by atoms with Crippen molar-refractivity contribution in [2.45, 2.75) is 12.5 Å². The monoisotopic (exact) mass is 410 g/mol. The second-order valence-corrected chi connectivity index (χ2v) is 7.85. The molecule has 1 saturated heterocycles. The standard InChI is InChI=1S/C20H18N4O4S/c25-18-9-12(11-24(18)13-5-6-15-16(10-13)28-8-7-27-15)21-19(26)23-20-22-14-3-1-2-4-17(14)29-20/h1-6,10,12H,7-9,11H2,(H2,21,22,23,26). The first kappa shape index (κ1) is 17.7. The van der Waals surface area contributed by atoms with E-state index in [9.17, 15) is 9.59 Å². The van der Waals surface area contributed by atoms with Crippen LogP contribution in [0.15, 0.2) is 42.5 Å². The van der Waals surface area contributed by atoms with Gasteiger partial charge in [-0.25, -0.2) is 9.78 Å². The first-order chi connectivity index (χ1) is 14.2. The van der Waals surface area contributed by atoms with Crippen LogP contribution < -0.4 is 25.0 Å². The van der Waals surface area contributed by atoms with Crippen molar-refractivity contribution in [2.75, 3.05) is 30.0 Å². The van der Waals surface area contributed by atoms with Crippen molar-refractivity contribution in [2.24, 2.45) is 0 Å². The Kier molecular flexibility index (Phi) is 4.44. The molecule has 148 valence electrons. The van der Waals surface area contributed by atoms with Gasteiger partial charge < -0.3 is 19.7 Å². The third-order valence-corrected chi connectivity index (χ3v) is 5.76. The van der Waals surface area contributed by atoms with Crippen molar-refractivity contribution in [3.8, 4) is 11.5 Å². The molecule has 1 unspecified atom stereocenters. The Bertz CT molecular complexity index is 1070. The van der Waals surface area contributed by atoms with Gasteiger partial charge in [-0.2, -0.15) is 0 Å². The molecule has 29 heavy (non-hydrogen) atoms. The molecule has 0 aliphatic carbocycles. The van der Waals surface area contributed by atoms with Crippen molar-refractivity contribution < 1.29 is 19.1 Å². The zero-order chi connectivity index (χ0) is 19.8. The number of nitrogens with zero attached hydrogens (tertiary/aromatic N) is 2. The van der Waals surface area contributed by atoms with Crippen molar-refractivity contribution in [3.05, 3.63) is 42.5 Å². The number of carbonyl (C=O) groups is 2. The van der Waals surface area contributed by atoms with Gasteiger partial charge in [0.15, 0.2) is 16.6 Å². The van der Waals surface area contributed by atoms with Gasteiger partial charge in [0.05, 0.1) is 16.3 Å². The lowest BCUT2D eigenvalue weighted by Crippen LogP contribution is -2.39. The average Bonchev–Trinajstić information content (AvgIpc) is 3.29. The Hall–Kier alpha value is -3.33. The molecule has 5 rings (SSSR count). The van der Waals surface area contributed by atoms with Crippen molar-refractivity contribution >= 4 is 44.3 Å². The summed E-state index contributed by atoms with van der Waals surface area (Å²) in [6.07, 6.45) is 0.238. The third-order valence-electron chi connectivity index (χ3n) is 4.81. The van der Waals surface area contributed by atoms with Crippen LogP contribution in [0.1, 0.15) is 6.42 Å². The first-order valence-corrected chi connectivity index (χ1v) is 10.1. The molecule has 1 aromatic heterocycles. The molecule has 0 radical (unpaired) electrons. The molecule has 2 aromatic carbocycles. The van der Waals surface area contributed by atoms with Gasteiger partial charge in [0.2, 0.25) is 5.91 Å². The lowest BCUT2D eigenvalue weighted by molar-refractivity contribution is -0.117. The van der Waals surface area contributed by atoms with Gasteiger partial charge in [0, 0.05) is 24.7 Å². The Labute approximate surface area is 170 Å². The van der Waals surface area contributed by atoms with E-state index in [-0.39, 0.29) is 24.4 Å². The minimum atomic E-state index is -0.370. The summed E-state index contributed by atoms with van der Waals surface area (Å²) in [6.45, 7) is 1.40. The van der Waals surface area contributed by atoms with Crippen LogP contribution in [0.25, 0.3) is 10.2 Å². The minimum absolute atomic E-state index is 0.0491. The zero-order valence-corrected chi connectivity index (χ0v) is 16.2. The predicted molar refractivity (Wildman–Crippen MR) is 110 cm³/mol. The minimum Gasteiger partial charge on any atom is -0.486 e. The molecule has 0 spiro atoms. The van der Waals surface area contributed by atoms with Crippen molar-refractivity contribution in [1.82, 2.24) is 10.3 Å². The fourth-order valence-electron chi connectivity index (χ4n) is 3.50. The van der Waals surface area contributed by atoms with Crippen LogP contribution >= 0.6 is 11.3 Å². The molecule has 0 bridgehead atoms. The number of para-hydroxylation sites is 1. The lowest BCUT2D eigenvalue weighted by atomic mass is 10.2. The Balaban J connectivity index is 1.23. The third kappa shape index (κ3) is 3.56. The molecule has 1 fully saturated rings. The van der Waals surface area contributed by atoms with Gasteiger partial charge in [-0.1, -0.05) is 23.5 Å². The topological polar surface area (TPSA) is 92.8 Å². The number of carbonyl (C=O) groups excluding carboxylic acids is 2. The highest BCUT2D eigenvalue weighted by Gasteiger charge is 2.32. The largest absolute Gasteiger partial charge is 0.486 e. The van der Waals surface area contributed by atoms with E-state index in [1.165, 1.54) is 11.3 Å². The van der Waals surface area contributed by atoms with E-state index in [0.29, 0.717) is 36.4 Å². The Morgan fingerprint density at radius 2 is 1.97 bits per heavy atom. The molecule has 2 aliphatic heterocycles. The number of benzene rings is 2. The number of hydrogen-bond donors (Lipinski definition) is 2. The summed E-state index contributed by atoms with van der Waals surface area (Å²) in [5.41, 5.74) is 1.57. The van der Waals surface area contributed by atoms with Crippen LogP contribution in [0, 0.1) is 0 Å². The molecule has 0 saturated carbocycles. The Morgan fingerprint density at radius 3 is 2.83 bits per heavy atom. The summed E-state index contributed by atoms with van der Waals surface area (Å²) in [7, 11) is 0. The summed E-state index contributed by atoms with van der Waals surface area (Å²) in [5.74, 6) is 1.26. The summed E-state index contributed by atoms with van der Waals surface area (Å²) in [4.78, 5) is 30.9. The maximum atomic E-state index is 12.5. The molecule has 8 nitrogen and oxygen atoms in total. The van der Waals surface area contributed by atoms with E-state index < -0.39 is 0 Å². The van der Waals surface area contributed by atoms with Gasteiger partial charge in [0.25, 0.3) is 0 Å². The van der Waals surface area contributed by atoms with Crippen LogP contribution in [-0.4, -0.2) is 42.7 Å². The van der Waals surface area contributed by atoms with Gasteiger partial charge in [0.1, 0.15) is 13.2 Å². The summed E-state index contributed by atoms with van der Waals surface area (Å²) in [6, 6.07) is 12.5. The highest BCUT2D eigenvalue weighted by Crippen LogP contribution is 2.35. The fraction of sp³-hybridized carbons (Fsp3) is 0.250. The van der Waals surface area contributed by atoms with E-state index >= 15 is 0 Å². The number of hydrogen-bond acceptors (Lipinski definition) is 6. The van der Waals surface area contributed by atoms with E-state index in [1.54, 1.807) is 17.0 Å². The smallest absolute Gasteiger partial charge is 0.321 e. The van der Waals surface area contributed by atoms with Crippen LogP contribution in [0.5, 0.6) is 11.5 Å².